The van der Waals surface area contributed by atoms with Gasteiger partial charge in [0, 0.05) is 24.5 Å². The molecular weight excluding hydrogens is 423 g/mol. The number of anilines is 2. The summed E-state index contributed by atoms with van der Waals surface area (Å²) in [5, 5.41) is 5.46. The molecule has 0 spiro atoms. The monoisotopic (exact) mass is 452 g/mol. The highest BCUT2D eigenvalue weighted by atomic mass is 19.1. The molecule has 0 bridgehead atoms. The first-order valence-electron chi connectivity index (χ1n) is 11.5. The highest BCUT2D eigenvalue weighted by Gasteiger charge is 2.51. The Morgan fingerprint density at radius 1 is 1.00 bits per heavy atom. The first-order valence-corrected chi connectivity index (χ1v) is 11.5. The molecule has 0 saturated carbocycles. The fourth-order valence-electron chi connectivity index (χ4n) is 4.57. The molecule has 4 rings (SSSR count). The van der Waals surface area contributed by atoms with E-state index in [-0.39, 0.29) is 6.42 Å². The maximum absolute atomic E-state index is 13.3. The van der Waals surface area contributed by atoms with Crippen LogP contribution in [0, 0.1) is 5.82 Å². The smallest absolute Gasteiger partial charge is 0.325 e. The highest BCUT2D eigenvalue weighted by Crippen LogP contribution is 2.32. The number of benzene rings is 2. The Bertz CT molecular complexity index is 1020. The summed E-state index contributed by atoms with van der Waals surface area (Å²) in [7, 11) is 0. The molecule has 2 aromatic carbocycles. The predicted molar refractivity (Wildman–Crippen MR) is 124 cm³/mol. The molecule has 0 aromatic heterocycles. The van der Waals surface area contributed by atoms with E-state index in [0.717, 1.165) is 23.7 Å². The third-order valence-electron chi connectivity index (χ3n) is 6.47. The molecule has 0 unspecified atom stereocenters. The van der Waals surface area contributed by atoms with Gasteiger partial charge in [-0.25, -0.2) is 9.18 Å². The van der Waals surface area contributed by atoms with Gasteiger partial charge in [0.05, 0.1) is 0 Å². The lowest BCUT2D eigenvalue weighted by Crippen LogP contribution is -2.44. The zero-order valence-corrected chi connectivity index (χ0v) is 18.8. The van der Waals surface area contributed by atoms with E-state index in [0.29, 0.717) is 11.3 Å². The van der Waals surface area contributed by atoms with Gasteiger partial charge in [-0.05, 0) is 61.2 Å². The molecule has 2 fully saturated rings. The molecule has 174 valence electrons. The van der Waals surface area contributed by atoms with E-state index in [1.165, 1.54) is 49.9 Å². The fourth-order valence-corrected chi connectivity index (χ4v) is 4.57. The van der Waals surface area contributed by atoms with Crippen molar-refractivity contribution in [3.05, 3.63) is 59.9 Å². The van der Waals surface area contributed by atoms with E-state index in [2.05, 4.69) is 15.5 Å². The van der Waals surface area contributed by atoms with Crippen molar-refractivity contribution < 1.29 is 18.8 Å². The van der Waals surface area contributed by atoms with Gasteiger partial charge in [-0.2, -0.15) is 0 Å². The van der Waals surface area contributed by atoms with E-state index in [1.54, 1.807) is 6.92 Å². The van der Waals surface area contributed by atoms with Crippen molar-refractivity contribution in [1.82, 2.24) is 10.2 Å². The molecule has 2 heterocycles. The number of hydrogen-bond acceptors (Lipinski definition) is 4. The molecule has 33 heavy (non-hydrogen) atoms. The maximum atomic E-state index is 13.3. The lowest BCUT2D eigenvalue weighted by atomic mass is 9.87. The van der Waals surface area contributed by atoms with E-state index in [1.807, 2.05) is 24.3 Å². The Balaban J connectivity index is 1.41. The molecule has 0 radical (unpaired) electrons. The van der Waals surface area contributed by atoms with Crippen LogP contribution < -0.4 is 15.5 Å². The van der Waals surface area contributed by atoms with Gasteiger partial charge in [-0.3, -0.25) is 14.5 Å². The number of halogens is 1. The van der Waals surface area contributed by atoms with Gasteiger partial charge in [-0.15, -0.1) is 0 Å². The molecule has 7 nitrogen and oxygen atoms in total. The average molecular weight is 453 g/mol. The third-order valence-corrected chi connectivity index (χ3v) is 6.47. The maximum Gasteiger partial charge on any atom is 0.325 e. The molecule has 2 aromatic rings. The summed E-state index contributed by atoms with van der Waals surface area (Å²) in [6.45, 7) is 3.43. The largest absolute Gasteiger partial charge is 0.372 e. The van der Waals surface area contributed by atoms with E-state index < -0.39 is 35.7 Å². The van der Waals surface area contributed by atoms with Crippen LogP contribution in [0.15, 0.2) is 48.5 Å². The van der Waals surface area contributed by atoms with Gasteiger partial charge in [0.25, 0.3) is 5.91 Å². The van der Waals surface area contributed by atoms with Crippen molar-refractivity contribution in [2.45, 2.75) is 44.6 Å². The zero-order chi connectivity index (χ0) is 23.4. The zero-order valence-electron chi connectivity index (χ0n) is 18.8. The number of imide groups is 1. The first-order chi connectivity index (χ1) is 15.9. The highest BCUT2D eigenvalue weighted by molar-refractivity contribution is 6.10. The normalized spacial score (nSPS) is 21.0. The molecule has 2 saturated heterocycles. The molecule has 2 aliphatic rings. The molecular formula is C25H29FN4O3. The van der Waals surface area contributed by atoms with Crippen molar-refractivity contribution in [3.63, 3.8) is 0 Å². The summed E-state index contributed by atoms with van der Waals surface area (Å²) in [5.41, 5.74) is 0.901. The Morgan fingerprint density at radius 2 is 1.64 bits per heavy atom. The number of amides is 4. The van der Waals surface area contributed by atoms with Crippen LogP contribution in [0.4, 0.5) is 20.6 Å². The van der Waals surface area contributed by atoms with Crippen LogP contribution in [0.25, 0.3) is 0 Å². The van der Waals surface area contributed by atoms with Crippen LogP contribution in [-0.4, -0.2) is 42.4 Å². The lowest BCUT2D eigenvalue weighted by Gasteiger charge is -2.25. The van der Waals surface area contributed by atoms with Gasteiger partial charge in [-0.1, -0.05) is 31.9 Å². The Kier molecular flexibility index (Phi) is 6.62. The molecule has 2 aliphatic heterocycles. The summed E-state index contributed by atoms with van der Waals surface area (Å²) >= 11 is 0. The molecule has 0 aliphatic carbocycles. The van der Waals surface area contributed by atoms with Gasteiger partial charge in [0.2, 0.25) is 5.91 Å². The standard InChI is InChI=1S/C25H29FN4O3/c1-2-25(18-7-9-19(26)10-8-18)23(32)30(24(33)28-25)17-22(31)27-20-11-13-21(14-12-20)29-15-5-3-4-6-16-29/h7-14H,2-6,15-17H2,1H3,(H,27,31)(H,28,33)/t25-/m1/s1. The van der Waals surface area contributed by atoms with Crippen molar-refractivity contribution >= 4 is 29.2 Å². The number of urea groups is 1. The fraction of sp³-hybridized carbons (Fsp3) is 0.400. The quantitative estimate of drug-likeness (QED) is 0.649. The predicted octanol–water partition coefficient (Wildman–Crippen LogP) is 4.00. The number of nitrogens with one attached hydrogen (secondary N) is 2. The van der Waals surface area contributed by atoms with Crippen LogP contribution in [-0.2, 0) is 15.1 Å². The topological polar surface area (TPSA) is 81.8 Å². The van der Waals surface area contributed by atoms with Gasteiger partial charge < -0.3 is 15.5 Å². The van der Waals surface area contributed by atoms with Crippen molar-refractivity contribution in [3.8, 4) is 0 Å². The first kappa shape index (κ1) is 22.8. The second kappa shape index (κ2) is 9.60. The van der Waals surface area contributed by atoms with Crippen molar-refractivity contribution in [1.29, 1.82) is 0 Å². The SMILES string of the molecule is CC[C@]1(c2ccc(F)cc2)NC(=O)N(CC(=O)Nc2ccc(N3CCCCCC3)cc2)C1=O. The van der Waals surface area contributed by atoms with Crippen LogP contribution in [0.2, 0.25) is 0 Å². The molecule has 1 atom stereocenters. The van der Waals surface area contributed by atoms with Crippen LogP contribution >= 0.6 is 0 Å². The molecule has 4 amide bonds. The van der Waals surface area contributed by atoms with E-state index >= 15 is 0 Å². The average Bonchev–Trinajstić information content (AvgIpc) is 2.99. The minimum absolute atomic E-state index is 0.277. The van der Waals surface area contributed by atoms with Crippen molar-refractivity contribution in [2.24, 2.45) is 0 Å². The minimum atomic E-state index is -1.31. The van der Waals surface area contributed by atoms with Gasteiger partial charge >= 0.3 is 6.03 Å². The number of hydrogen-bond donors (Lipinski definition) is 2. The number of carbonyl (C=O) groups is 3. The second-order valence-corrected chi connectivity index (χ2v) is 8.58. The van der Waals surface area contributed by atoms with Gasteiger partial charge in [0.15, 0.2) is 0 Å². The van der Waals surface area contributed by atoms with Crippen LogP contribution in [0.3, 0.4) is 0 Å². The number of nitrogens with zero attached hydrogens (tertiary/aromatic N) is 2. The Morgan fingerprint density at radius 3 is 2.24 bits per heavy atom. The van der Waals surface area contributed by atoms with Crippen LogP contribution in [0.5, 0.6) is 0 Å². The van der Waals surface area contributed by atoms with E-state index in [9.17, 15) is 18.8 Å². The summed E-state index contributed by atoms with van der Waals surface area (Å²) in [5.74, 6) is -1.42. The summed E-state index contributed by atoms with van der Waals surface area (Å²) in [6, 6.07) is 12.4. The summed E-state index contributed by atoms with van der Waals surface area (Å²) < 4.78 is 13.3. The van der Waals surface area contributed by atoms with Crippen molar-refractivity contribution in [2.75, 3.05) is 29.9 Å². The molecule has 8 heteroatoms. The van der Waals surface area contributed by atoms with Crippen LogP contribution in [0.1, 0.15) is 44.6 Å². The molecule has 2 N–H and O–H groups in total. The van der Waals surface area contributed by atoms with E-state index in [4.69, 9.17) is 0 Å². The lowest BCUT2D eigenvalue weighted by molar-refractivity contribution is -0.134. The number of carbonyl (C=O) groups excluding carboxylic acids is 3. The summed E-state index contributed by atoms with van der Waals surface area (Å²) in [4.78, 5) is 41.6. The number of rotatable bonds is 6. The minimum Gasteiger partial charge on any atom is -0.372 e. The third kappa shape index (κ3) is 4.69. The second-order valence-electron chi connectivity index (χ2n) is 8.58. The Labute approximate surface area is 192 Å². The Hall–Kier alpha value is -3.42. The van der Waals surface area contributed by atoms with Gasteiger partial charge in [0.1, 0.15) is 17.9 Å². The summed E-state index contributed by atoms with van der Waals surface area (Å²) in [6.07, 6.45) is 5.16.